The van der Waals surface area contributed by atoms with Crippen molar-refractivity contribution < 1.29 is 4.79 Å². The van der Waals surface area contributed by atoms with Crippen molar-refractivity contribution in [3.05, 3.63) is 0 Å². The van der Waals surface area contributed by atoms with E-state index in [2.05, 4.69) is 17.3 Å². The number of fused-ring (bicyclic) bond motifs is 2. The van der Waals surface area contributed by atoms with E-state index in [1.165, 1.54) is 19.3 Å². The molecule has 3 N–H and O–H groups in total. The maximum atomic E-state index is 11.9. The third-order valence-corrected chi connectivity index (χ3v) is 4.77. The average Bonchev–Trinajstić information content (AvgIpc) is 2.30. The van der Waals surface area contributed by atoms with E-state index >= 15 is 0 Å². The van der Waals surface area contributed by atoms with Crippen LogP contribution >= 0.6 is 0 Å². The van der Waals surface area contributed by atoms with Crippen molar-refractivity contribution >= 4 is 5.91 Å². The second kappa shape index (κ2) is 6.71. The predicted octanol–water partition coefficient (Wildman–Crippen LogP) is 1.64. The van der Waals surface area contributed by atoms with E-state index in [9.17, 15) is 4.79 Å². The van der Waals surface area contributed by atoms with Crippen LogP contribution in [0.4, 0.5) is 0 Å². The summed E-state index contributed by atoms with van der Waals surface area (Å²) in [4.78, 5) is 14.5. The number of nitrogens with zero attached hydrogens (tertiary/aromatic N) is 1. The first-order valence-electron chi connectivity index (χ1n) is 7.83. The van der Waals surface area contributed by atoms with Gasteiger partial charge in [-0.25, -0.2) is 0 Å². The van der Waals surface area contributed by atoms with Gasteiger partial charge in [0.2, 0.25) is 5.91 Å². The Morgan fingerprint density at radius 3 is 2.58 bits per heavy atom. The third-order valence-electron chi connectivity index (χ3n) is 4.77. The van der Waals surface area contributed by atoms with Gasteiger partial charge >= 0.3 is 0 Å². The molecule has 2 aliphatic heterocycles. The summed E-state index contributed by atoms with van der Waals surface area (Å²) in [6, 6.07) is 1.97. The summed E-state index contributed by atoms with van der Waals surface area (Å²) >= 11 is 0. The molecule has 2 rings (SSSR count). The molecule has 0 spiro atoms. The van der Waals surface area contributed by atoms with Crippen molar-refractivity contribution in [2.75, 3.05) is 7.05 Å². The highest BCUT2D eigenvalue weighted by Gasteiger charge is 2.36. The Kier molecular flexibility index (Phi) is 5.22. The molecule has 3 atom stereocenters. The SMILES string of the molecule is CC(N)CCCC(=O)NC1CC2CCCC(C1)N2C. The normalized spacial score (nSPS) is 32.9. The third kappa shape index (κ3) is 4.18. The van der Waals surface area contributed by atoms with Gasteiger partial charge in [-0.05, 0) is 52.5 Å². The molecule has 2 aliphatic rings. The average molecular weight is 267 g/mol. The van der Waals surface area contributed by atoms with E-state index in [1.807, 2.05) is 6.92 Å². The topological polar surface area (TPSA) is 58.4 Å². The quantitative estimate of drug-likeness (QED) is 0.796. The second-order valence-corrected chi connectivity index (χ2v) is 6.51. The van der Waals surface area contributed by atoms with Gasteiger partial charge in [0, 0.05) is 30.6 Å². The van der Waals surface area contributed by atoms with Crippen LogP contribution in [0.25, 0.3) is 0 Å². The van der Waals surface area contributed by atoms with E-state index in [0.717, 1.165) is 25.7 Å². The zero-order valence-corrected chi connectivity index (χ0v) is 12.4. The summed E-state index contributed by atoms with van der Waals surface area (Å²) in [6.45, 7) is 2.00. The molecule has 0 aromatic carbocycles. The van der Waals surface area contributed by atoms with Crippen LogP contribution in [0.5, 0.6) is 0 Å². The number of carbonyl (C=O) groups is 1. The number of nitrogens with one attached hydrogen (secondary N) is 1. The van der Waals surface area contributed by atoms with Crippen LogP contribution in [0.15, 0.2) is 0 Å². The summed E-state index contributed by atoms with van der Waals surface area (Å²) in [7, 11) is 2.25. The minimum Gasteiger partial charge on any atom is -0.353 e. The number of amides is 1. The Balaban J connectivity index is 1.73. The lowest BCUT2D eigenvalue weighted by Gasteiger charge is -2.47. The lowest BCUT2D eigenvalue weighted by Crippen LogP contribution is -2.55. The number of hydrogen-bond donors (Lipinski definition) is 2. The van der Waals surface area contributed by atoms with Crippen molar-refractivity contribution in [3.8, 4) is 0 Å². The monoisotopic (exact) mass is 267 g/mol. The summed E-state index contributed by atoms with van der Waals surface area (Å²) in [5.41, 5.74) is 5.70. The molecule has 4 nitrogen and oxygen atoms in total. The van der Waals surface area contributed by atoms with Crippen LogP contribution in [0.2, 0.25) is 0 Å². The molecular weight excluding hydrogens is 238 g/mol. The van der Waals surface area contributed by atoms with Crippen molar-refractivity contribution in [2.45, 2.75) is 82.5 Å². The van der Waals surface area contributed by atoms with Gasteiger partial charge in [0.25, 0.3) is 0 Å². The van der Waals surface area contributed by atoms with Gasteiger partial charge in [-0.1, -0.05) is 6.42 Å². The van der Waals surface area contributed by atoms with Crippen molar-refractivity contribution in [2.24, 2.45) is 5.73 Å². The van der Waals surface area contributed by atoms with E-state index in [-0.39, 0.29) is 11.9 Å². The molecule has 0 aliphatic carbocycles. The molecule has 19 heavy (non-hydrogen) atoms. The Morgan fingerprint density at radius 1 is 1.37 bits per heavy atom. The molecule has 4 heteroatoms. The van der Waals surface area contributed by atoms with Gasteiger partial charge in [0.1, 0.15) is 0 Å². The first-order valence-corrected chi connectivity index (χ1v) is 7.83. The Hall–Kier alpha value is -0.610. The fourth-order valence-electron chi connectivity index (χ4n) is 3.62. The molecule has 3 unspecified atom stereocenters. The maximum Gasteiger partial charge on any atom is 0.220 e. The number of piperidine rings is 2. The summed E-state index contributed by atoms with van der Waals surface area (Å²) < 4.78 is 0. The van der Waals surface area contributed by atoms with E-state index in [1.54, 1.807) is 0 Å². The lowest BCUT2D eigenvalue weighted by molar-refractivity contribution is -0.122. The van der Waals surface area contributed by atoms with Gasteiger partial charge in [0.05, 0.1) is 0 Å². The lowest BCUT2D eigenvalue weighted by atomic mass is 9.82. The molecule has 1 amide bonds. The fourth-order valence-corrected chi connectivity index (χ4v) is 3.62. The van der Waals surface area contributed by atoms with Gasteiger partial charge in [-0.15, -0.1) is 0 Å². The van der Waals surface area contributed by atoms with Crippen molar-refractivity contribution in [1.29, 1.82) is 0 Å². The molecule has 2 saturated heterocycles. The number of hydrogen-bond acceptors (Lipinski definition) is 3. The highest BCUT2D eigenvalue weighted by atomic mass is 16.1. The minimum absolute atomic E-state index is 0.204. The van der Waals surface area contributed by atoms with Crippen LogP contribution < -0.4 is 11.1 Å². The fraction of sp³-hybridized carbons (Fsp3) is 0.933. The standard InChI is InChI=1S/C15H29N3O/c1-11(16)5-3-8-15(19)17-12-9-13-6-4-7-14(10-12)18(13)2/h11-14H,3-10,16H2,1-2H3,(H,17,19). The molecule has 0 radical (unpaired) electrons. The summed E-state index contributed by atoms with van der Waals surface area (Å²) in [5, 5.41) is 3.24. The first-order chi connectivity index (χ1) is 9.06. The van der Waals surface area contributed by atoms with Crippen LogP contribution in [-0.4, -0.2) is 42.0 Å². The van der Waals surface area contributed by atoms with Gasteiger partial charge in [-0.3, -0.25) is 4.79 Å². The molecule has 2 bridgehead atoms. The number of carbonyl (C=O) groups excluding carboxylic acids is 1. The second-order valence-electron chi connectivity index (χ2n) is 6.51. The summed E-state index contributed by atoms with van der Waals surface area (Å²) in [5.74, 6) is 0.216. The molecule has 0 saturated carbocycles. The number of rotatable bonds is 5. The smallest absolute Gasteiger partial charge is 0.220 e. The zero-order valence-electron chi connectivity index (χ0n) is 12.4. The maximum absolute atomic E-state index is 11.9. The van der Waals surface area contributed by atoms with Crippen LogP contribution in [0, 0.1) is 0 Å². The van der Waals surface area contributed by atoms with E-state index in [0.29, 0.717) is 24.5 Å². The molecule has 110 valence electrons. The molecule has 0 aromatic heterocycles. The predicted molar refractivity (Wildman–Crippen MR) is 77.9 cm³/mol. The molecular formula is C15H29N3O. The zero-order chi connectivity index (χ0) is 13.8. The van der Waals surface area contributed by atoms with E-state index < -0.39 is 0 Å². The van der Waals surface area contributed by atoms with Crippen LogP contribution in [0.3, 0.4) is 0 Å². The Labute approximate surface area is 117 Å². The summed E-state index contributed by atoms with van der Waals surface area (Å²) in [6.07, 6.45) is 8.68. The minimum atomic E-state index is 0.204. The van der Waals surface area contributed by atoms with E-state index in [4.69, 9.17) is 5.73 Å². The van der Waals surface area contributed by atoms with Crippen molar-refractivity contribution in [3.63, 3.8) is 0 Å². The Bertz CT molecular complexity index is 292. The molecule has 2 heterocycles. The molecule has 2 fully saturated rings. The van der Waals surface area contributed by atoms with Crippen molar-refractivity contribution in [1.82, 2.24) is 10.2 Å². The van der Waals surface area contributed by atoms with Gasteiger partial charge in [0.15, 0.2) is 0 Å². The first kappa shape index (κ1) is 14.8. The molecule has 0 aromatic rings. The Morgan fingerprint density at radius 2 is 2.00 bits per heavy atom. The highest BCUT2D eigenvalue weighted by molar-refractivity contribution is 5.76. The number of nitrogens with two attached hydrogens (primary N) is 1. The van der Waals surface area contributed by atoms with Crippen LogP contribution in [-0.2, 0) is 4.79 Å². The van der Waals surface area contributed by atoms with Gasteiger partial charge < -0.3 is 16.0 Å². The highest BCUT2D eigenvalue weighted by Crippen LogP contribution is 2.32. The van der Waals surface area contributed by atoms with Crippen LogP contribution in [0.1, 0.15) is 58.3 Å². The van der Waals surface area contributed by atoms with Gasteiger partial charge in [-0.2, -0.15) is 0 Å². The largest absolute Gasteiger partial charge is 0.353 e.